The zero-order valence-electron chi connectivity index (χ0n) is 11.6. The minimum atomic E-state index is 0.789. The van der Waals surface area contributed by atoms with Crippen molar-refractivity contribution < 1.29 is 0 Å². The molecule has 21 heavy (non-hydrogen) atoms. The van der Waals surface area contributed by atoms with Gasteiger partial charge in [0.25, 0.3) is 0 Å². The van der Waals surface area contributed by atoms with Gasteiger partial charge in [-0.15, -0.1) is 11.8 Å². The minimum absolute atomic E-state index is 0.789. The molecule has 0 atom stereocenters. The number of rotatable bonds is 6. The number of nitrogens with one attached hydrogen (secondary N) is 2. The van der Waals surface area contributed by atoms with Crippen molar-refractivity contribution in [1.29, 1.82) is 0 Å². The van der Waals surface area contributed by atoms with E-state index in [1.807, 2.05) is 30.1 Å². The number of halogens is 1. The van der Waals surface area contributed by atoms with Crippen molar-refractivity contribution in [2.24, 2.45) is 0 Å². The Morgan fingerprint density at radius 1 is 1.05 bits per heavy atom. The molecule has 3 aromatic rings. The van der Waals surface area contributed by atoms with E-state index in [2.05, 4.69) is 46.7 Å². The largest absolute Gasteiger partial charge is 0.361 e. The Hall–Kier alpha value is -1.42. The van der Waals surface area contributed by atoms with E-state index < -0.39 is 0 Å². The molecule has 2 aromatic carbocycles. The molecule has 0 radical (unpaired) electrons. The Kier molecular flexibility index (Phi) is 4.86. The summed E-state index contributed by atoms with van der Waals surface area (Å²) in [5.74, 6) is 1.05. The van der Waals surface area contributed by atoms with Crippen molar-refractivity contribution in [3.63, 3.8) is 0 Å². The summed E-state index contributed by atoms with van der Waals surface area (Å²) in [6.45, 7) is 1.89. The van der Waals surface area contributed by atoms with Gasteiger partial charge >= 0.3 is 0 Å². The smallest absolute Gasteiger partial charge is 0.0454 e. The van der Waals surface area contributed by atoms with Crippen LogP contribution in [0, 0.1) is 0 Å². The molecule has 0 saturated heterocycles. The molecule has 3 rings (SSSR count). The molecule has 0 aliphatic rings. The van der Waals surface area contributed by atoms with Crippen LogP contribution in [0.3, 0.4) is 0 Å². The Bertz CT molecular complexity index is 706. The van der Waals surface area contributed by atoms with Gasteiger partial charge in [-0.1, -0.05) is 17.7 Å². The second kappa shape index (κ2) is 7.03. The fourth-order valence-corrected chi connectivity index (χ4v) is 3.15. The lowest BCUT2D eigenvalue weighted by atomic mass is 10.1. The van der Waals surface area contributed by atoms with Gasteiger partial charge in [0.15, 0.2) is 0 Å². The van der Waals surface area contributed by atoms with Crippen LogP contribution in [0.5, 0.6) is 0 Å². The van der Waals surface area contributed by atoms with Gasteiger partial charge in [0, 0.05) is 40.5 Å². The second-order valence-corrected chi connectivity index (χ2v) is 6.48. The average molecular weight is 317 g/mol. The predicted molar refractivity (Wildman–Crippen MR) is 92.2 cm³/mol. The van der Waals surface area contributed by atoms with Crippen molar-refractivity contribution in [2.75, 3.05) is 12.3 Å². The summed E-state index contributed by atoms with van der Waals surface area (Å²) in [6.07, 6.45) is 1.98. The van der Waals surface area contributed by atoms with Crippen LogP contribution in [0.25, 0.3) is 10.9 Å². The number of H-pyrrole nitrogens is 1. The summed E-state index contributed by atoms with van der Waals surface area (Å²) in [6, 6.07) is 16.6. The molecule has 0 fully saturated rings. The average Bonchev–Trinajstić information content (AvgIpc) is 2.96. The molecule has 0 unspecified atom stereocenters. The van der Waals surface area contributed by atoms with Crippen LogP contribution >= 0.6 is 23.4 Å². The topological polar surface area (TPSA) is 27.8 Å². The lowest BCUT2D eigenvalue weighted by Gasteiger charge is -2.05. The first-order chi connectivity index (χ1) is 10.3. The molecule has 0 amide bonds. The highest BCUT2D eigenvalue weighted by molar-refractivity contribution is 7.99. The van der Waals surface area contributed by atoms with E-state index in [9.17, 15) is 0 Å². The van der Waals surface area contributed by atoms with Crippen LogP contribution in [-0.4, -0.2) is 17.3 Å². The molecule has 2 nitrogen and oxygen atoms in total. The van der Waals surface area contributed by atoms with Gasteiger partial charge in [0.1, 0.15) is 0 Å². The first-order valence-corrected chi connectivity index (χ1v) is 8.33. The third kappa shape index (κ3) is 4.03. The number of aromatic nitrogens is 1. The summed E-state index contributed by atoms with van der Waals surface area (Å²) in [5.41, 5.74) is 2.51. The van der Waals surface area contributed by atoms with Gasteiger partial charge in [-0.2, -0.15) is 0 Å². The Morgan fingerprint density at radius 3 is 2.76 bits per heavy atom. The molecule has 0 aliphatic heterocycles. The number of hydrogen-bond acceptors (Lipinski definition) is 2. The molecule has 0 saturated carbocycles. The molecule has 108 valence electrons. The maximum Gasteiger partial charge on any atom is 0.0454 e. The Balaban J connectivity index is 1.42. The molecule has 1 aromatic heterocycles. The molecule has 2 N–H and O–H groups in total. The Labute approximate surface area is 133 Å². The maximum absolute atomic E-state index is 5.87. The molecular weight excluding hydrogens is 300 g/mol. The molecule has 4 heteroatoms. The van der Waals surface area contributed by atoms with Crippen LogP contribution in [0.15, 0.2) is 59.6 Å². The Morgan fingerprint density at radius 2 is 1.90 bits per heavy atom. The molecule has 1 heterocycles. The van der Waals surface area contributed by atoms with E-state index in [1.54, 1.807) is 0 Å². The standard InChI is InChI=1S/C17H17ClN2S/c18-15-2-4-16(5-3-15)21-10-9-19-12-13-1-6-17-14(11-13)7-8-20-17/h1-8,11,19-20H,9-10,12H2. The van der Waals surface area contributed by atoms with Crippen molar-refractivity contribution >= 4 is 34.3 Å². The lowest BCUT2D eigenvalue weighted by molar-refractivity contribution is 0.733. The zero-order valence-corrected chi connectivity index (χ0v) is 13.2. The van der Waals surface area contributed by atoms with E-state index in [0.29, 0.717) is 0 Å². The third-order valence-electron chi connectivity index (χ3n) is 3.31. The van der Waals surface area contributed by atoms with Gasteiger partial charge in [-0.05, 0) is 53.4 Å². The molecule has 0 spiro atoms. The van der Waals surface area contributed by atoms with E-state index >= 15 is 0 Å². The summed E-state index contributed by atoms with van der Waals surface area (Å²) in [5, 5.41) is 5.54. The SMILES string of the molecule is Clc1ccc(SCCNCc2ccc3[nH]ccc3c2)cc1. The van der Waals surface area contributed by atoms with E-state index in [1.165, 1.54) is 21.4 Å². The third-order valence-corrected chi connectivity index (χ3v) is 4.57. The number of aromatic amines is 1. The second-order valence-electron chi connectivity index (χ2n) is 4.88. The summed E-state index contributed by atoms with van der Waals surface area (Å²) < 4.78 is 0. The van der Waals surface area contributed by atoms with Crippen LogP contribution in [-0.2, 0) is 6.54 Å². The van der Waals surface area contributed by atoms with Gasteiger partial charge in [-0.3, -0.25) is 0 Å². The van der Waals surface area contributed by atoms with Crippen LogP contribution in [0.4, 0.5) is 0 Å². The highest BCUT2D eigenvalue weighted by Crippen LogP contribution is 2.19. The highest BCUT2D eigenvalue weighted by atomic mass is 35.5. The van der Waals surface area contributed by atoms with Gasteiger partial charge < -0.3 is 10.3 Å². The molecule has 0 bridgehead atoms. The number of fused-ring (bicyclic) bond motifs is 1. The minimum Gasteiger partial charge on any atom is -0.361 e. The van der Waals surface area contributed by atoms with Gasteiger partial charge in [0.05, 0.1) is 0 Å². The normalized spacial score (nSPS) is 11.1. The van der Waals surface area contributed by atoms with Gasteiger partial charge in [-0.25, -0.2) is 0 Å². The van der Waals surface area contributed by atoms with Gasteiger partial charge in [0.2, 0.25) is 0 Å². The lowest BCUT2D eigenvalue weighted by Crippen LogP contribution is -2.16. The zero-order chi connectivity index (χ0) is 14.5. The van der Waals surface area contributed by atoms with Crippen molar-refractivity contribution in [3.8, 4) is 0 Å². The summed E-state index contributed by atoms with van der Waals surface area (Å²) in [4.78, 5) is 4.47. The monoisotopic (exact) mass is 316 g/mol. The van der Waals surface area contributed by atoms with Crippen LogP contribution in [0.2, 0.25) is 5.02 Å². The van der Waals surface area contributed by atoms with E-state index in [-0.39, 0.29) is 0 Å². The quantitative estimate of drug-likeness (QED) is 0.509. The van der Waals surface area contributed by atoms with E-state index in [4.69, 9.17) is 11.6 Å². The summed E-state index contributed by atoms with van der Waals surface area (Å²) >= 11 is 7.71. The van der Waals surface area contributed by atoms with Crippen molar-refractivity contribution in [3.05, 3.63) is 65.3 Å². The number of hydrogen-bond donors (Lipinski definition) is 2. The first-order valence-electron chi connectivity index (χ1n) is 6.96. The maximum atomic E-state index is 5.87. The van der Waals surface area contributed by atoms with E-state index in [0.717, 1.165) is 23.9 Å². The van der Waals surface area contributed by atoms with Crippen LogP contribution < -0.4 is 5.32 Å². The number of thioether (sulfide) groups is 1. The van der Waals surface area contributed by atoms with Crippen LogP contribution in [0.1, 0.15) is 5.56 Å². The first kappa shape index (κ1) is 14.5. The van der Waals surface area contributed by atoms with Crippen molar-refractivity contribution in [1.82, 2.24) is 10.3 Å². The number of benzene rings is 2. The molecular formula is C17H17ClN2S. The predicted octanol–water partition coefficient (Wildman–Crippen LogP) is 4.70. The highest BCUT2D eigenvalue weighted by Gasteiger charge is 1.98. The van der Waals surface area contributed by atoms with Crippen molar-refractivity contribution in [2.45, 2.75) is 11.4 Å². The fourth-order valence-electron chi connectivity index (χ4n) is 2.22. The summed E-state index contributed by atoms with van der Waals surface area (Å²) in [7, 11) is 0. The fraction of sp³-hybridized carbons (Fsp3) is 0.176. The molecule has 0 aliphatic carbocycles.